The molecule has 3 rings (SSSR count). The zero-order valence-electron chi connectivity index (χ0n) is 13.6. The summed E-state index contributed by atoms with van der Waals surface area (Å²) < 4.78 is 39.6. The number of nitrogens with zero attached hydrogens (tertiary/aromatic N) is 1. The van der Waals surface area contributed by atoms with Gasteiger partial charge in [-0.2, -0.15) is 18.3 Å². The monoisotopic (exact) mass is 346 g/mol. The third-order valence-corrected chi connectivity index (χ3v) is 3.98. The number of rotatable bonds is 4. The number of aromatic nitrogens is 2. The van der Waals surface area contributed by atoms with Gasteiger partial charge in [-0.25, -0.2) is 0 Å². The second kappa shape index (κ2) is 6.63. The van der Waals surface area contributed by atoms with Gasteiger partial charge in [0.25, 0.3) is 0 Å². The number of aryl methyl sites for hydroxylation is 1. The van der Waals surface area contributed by atoms with E-state index in [4.69, 9.17) is 0 Å². The van der Waals surface area contributed by atoms with Gasteiger partial charge in [0.15, 0.2) is 0 Å². The Balaban J connectivity index is 2.04. The van der Waals surface area contributed by atoms with Crippen molar-refractivity contribution in [3.8, 4) is 28.3 Å². The molecule has 3 nitrogen and oxygen atoms in total. The van der Waals surface area contributed by atoms with E-state index in [0.29, 0.717) is 11.3 Å². The molecule has 6 heteroatoms. The lowest BCUT2D eigenvalue weighted by atomic mass is 10.0. The summed E-state index contributed by atoms with van der Waals surface area (Å²) in [5.41, 5.74) is 1.49. The molecule has 0 aliphatic carbocycles. The van der Waals surface area contributed by atoms with Crippen molar-refractivity contribution in [3.63, 3.8) is 0 Å². The Morgan fingerprint density at radius 1 is 1.04 bits per heavy atom. The number of hydrogen-bond acceptors (Lipinski definition) is 2. The van der Waals surface area contributed by atoms with Crippen LogP contribution in [-0.4, -0.2) is 15.3 Å². The van der Waals surface area contributed by atoms with E-state index in [2.05, 4.69) is 10.2 Å². The normalized spacial score (nSPS) is 11.7. The van der Waals surface area contributed by atoms with E-state index in [1.165, 1.54) is 18.2 Å². The number of H-pyrrole nitrogens is 1. The van der Waals surface area contributed by atoms with Crippen LogP contribution in [0.4, 0.5) is 13.2 Å². The summed E-state index contributed by atoms with van der Waals surface area (Å²) in [5, 5.41) is 16.8. The topological polar surface area (TPSA) is 48.9 Å². The molecule has 0 saturated heterocycles. The molecule has 0 atom stereocenters. The van der Waals surface area contributed by atoms with Crippen LogP contribution < -0.4 is 0 Å². The second-order valence-corrected chi connectivity index (χ2v) is 5.81. The van der Waals surface area contributed by atoms with Crippen molar-refractivity contribution in [2.75, 3.05) is 0 Å². The minimum Gasteiger partial charge on any atom is -0.507 e. The molecule has 0 aliphatic heterocycles. The Morgan fingerprint density at radius 3 is 2.52 bits per heavy atom. The summed E-state index contributed by atoms with van der Waals surface area (Å²) in [4.78, 5) is 0. The average molecular weight is 346 g/mol. The summed E-state index contributed by atoms with van der Waals surface area (Å²) in [5.74, 6) is 0.0435. The van der Waals surface area contributed by atoms with Gasteiger partial charge in [0, 0.05) is 11.1 Å². The van der Waals surface area contributed by atoms with Crippen molar-refractivity contribution in [3.05, 3.63) is 59.7 Å². The molecule has 130 valence electrons. The maximum atomic E-state index is 13.2. The van der Waals surface area contributed by atoms with Gasteiger partial charge in [0.2, 0.25) is 0 Å². The molecule has 0 bridgehead atoms. The number of benzene rings is 2. The smallest absolute Gasteiger partial charge is 0.417 e. The van der Waals surface area contributed by atoms with E-state index >= 15 is 0 Å². The number of alkyl halides is 3. The van der Waals surface area contributed by atoms with E-state index < -0.39 is 11.7 Å². The van der Waals surface area contributed by atoms with Crippen LogP contribution in [0.2, 0.25) is 0 Å². The molecular formula is C19H17F3N2O. The predicted octanol–water partition coefficient (Wildman–Crippen LogP) is 5.42. The highest BCUT2D eigenvalue weighted by molar-refractivity contribution is 5.74. The third kappa shape index (κ3) is 3.52. The van der Waals surface area contributed by atoms with Crippen molar-refractivity contribution in [1.29, 1.82) is 0 Å². The second-order valence-electron chi connectivity index (χ2n) is 5.81. The highest BCUT2D eigenvalue weighted by Gasteiger charge is 2.33. The summed E-state index contributed by atoms with van der Waals surface area (Å²) in [6.45, 7) is 2.05. The first-order chi connectivity index (χ1) is 11.9. The zero-order chi connectivity index (χ0) is 18.0. The largest absolute Gasteiger partial charge is 0.507 e. The molecule has 0 radical (unpaired) electrons. The van der Waals surface area contributed by atoms with Crippen LogP contribution in [0.1, 0.15) is 24.5 Å². The van der Waals surface area contributed by atoms with Crippen LogP contribution in [-0.2, 0) is 12.6 Å². The van der Waals surface area contributed by atoms with Crippen molar-refractivity contribution >= 4 is 0 Å². The van der Waals surface area contributed by atoms with Crippen molar-refractivity contribution < 1.29 is 18.3 Å². The predicted molar refractivity (Wildman–Crippen MR) is 90.1 cm³/mol. The standard InChI is InChI=1S/C19H17F3N2O/c1-2-5-12-8-9-18(25)14(10-12)17-11-16(23-24-17)13-6-3-4-7-15(13)19(20,21)22/h3-4,6-11,25H,2,5H2,1H3,(H,23,24). The summed E-state index contributed by atoms with van der Waals surface area (Å²) in [6, 6.07) is 12.1. The van der Waals surface area contributed by atoms with Crippen LogP contribution in [0, 0.1) is 0 Å². The summed E-state index contributed by atoms with van der Waals surface area (Å²) in [7, 11) is 0. The van der Waals surface area contributed by atoms with Crippen molar-refractivity contribution in [1.82, 2.24) is 10.2 Å². The maximum absolute atomic E-state index is 13.2. The first kappa shape index (κ1) is 17.1. The minimum absolute atomic E-state index is 0.0259. The molecule has 0 fully saturated rings. The number of aromatic amines is 1. The van der Waals surface area contributed by atoms with Gasteiger partial charge >= 0.3 is 6.18 Å². The lowest BCUT2D eigenvalue weighted by Gasteiger charge is -2.10. The molecule has 0 aliphatic rings. The Hall–Kier alpha value is -2.76. The molecule has 2 N–H and O–H groups in total. The molecular weight excluding hydrogens is 329 g/mol. The van der Waals surface area contributed by atoms with E-state index in [9.17, 15) is 18.3 Å². The highest BCUT2D eigenvalue weighted by Crippen LogP contribution is 2.38. The van der Waals surface area contributed by atoms with Crippen LogP contribution in [0.5, 0.6) is 5.75 Å². The van der Waals surface area contributed by atoms with Crippen LogP contribution in [0.15, 0.2) is 48.5 Å². The van der Waals surface area contributed by atoms with Gasteiger partial charge in [-0.15, -0.1) is 0 Å². The first-order valence-corrected chi connectivity index (χ1v) is 7.94. The Morgan fingerprint density at radius 2 is 1.80 bits per heavy atom. The van der Waals surface area contributed by atoms with Gasteiger partial charge in [-0.3, -0.25) is 5.10 Å². The first-order valence-electron chi connectivity index (χ1n) is 7.94. The zero-order valence-corrected chi connectivity index (χ0v) is 13.6. The van der Waals surface area contributed by atoms with Crippen LogP contribution >= 0.6 is 0 Å². The number of hydrogen-bond donors (Lipinski definition) is 2. The quantitative estimate of drug-likeness (QED) is 0.662. The van der Waals surface area contributed by atoms with Crippen LogP contribution in [0.25, 0.3) is 22.5 Å². The average Bonchev–Trinajstić information content (AvgIpc) is 3.06. The summed E-state index contributed by atoms with van der Waals surface area (Å²) in [6.07, 6.45) is -2.65. The SMILES string of the molecule is CCCc1ccc(O)c(-c2cc(-c3ccccc3C(F)(F)F)[nH]n2)c1. The number of aromatic hydroxyl groups is 1. The number of halogens is 3. The molecule has 1 heterocycles. The van der Waals surface area contributed by atoms with Crippen molar-refractivity contribution in [2.45, 2.75) is 25.9 Å². The fraction of sp³-hybridized carbons (Fsp3) is 0.211. The maximum Gasteiger partial charge on any atom is 0.417 e. The molecule has 0 amide bonds. The lowest BCUT2D eigenvalue weighted by Crippen LogP contribution is -2.06. The Labute approximate surface area is 143 Å². The molecule has 0 spiro atoms. The number of phenolic OH excluding ortho intramolecular Hbond substituents is 1. The number of phenols is 1. The van der Waals surface area contributed by atoms with Gasteiger partial charge in [0.1, 0.15) is 5.75 Å². The highest BCUT2D eigenvalue weighted by atomic mass is 19.4. The molecule has 1 aromatic heterocycles. The molecule has 0 unspecified atom stereocenters. The fourth-order valence-electron chi connectivity index (χ4n) is 2.80. The molecule has 0 saturated carbocycles. The van der Waals surface area contributed by atoms with Crippen molar-refractivity contribution in [2.24, 2.45) is 0 Å². The van der Waals surface area contributed by atoms with E-state index in [0.717, 1.165) is 24.5 Å². The van der Waals surface area contributed by atoms with Gasteiger partial charge < -0.3 is 5.11 Å². The number of nitrogens with one attached hydrogen (secondary N) is 1. The van der Waals surface area contributed by atoms with Gasteiger partial charge in [0.05, 0.1) is 17.0 Å². The Bertz CT molecular complexity index is 884. The minimum atomic E-state index is -4.45. The van der Waals surface area contributed by atoms with E-state index in [1.54, 1.807) is 12.1 Å². The van der Waals surface area contributed by atoms with Gasteiger partial charge in [-0.1, -0.05) is 37.6 Å². The fourth-order valence-corrected chi connectivity index (χ4v) is 2.80. The Kier molecular flexibility index (Phi) is 4.53. The third-order valence-electron chi connectivity index (χ3n) is 3.98. The molecule has 2 aromatic carbocycles. The van der Waals surface area contributed by atoms with Gasteiger partial charge in [-0.05, 0) is 36.2 Å². The molecule has 25 heavy (non-hydrogen) atoms. The lowest BCUT2D eigenvalue weighted by molar-refractivity contribution is -0.137. The van der Waals surface area contributed by atoms with E-state index in [1.807, 2.05) is 19.1 Å². The summed E-state index contributed by atoms with van der Waals surface area (Å²) >= 11 is 0. The van der Waals surface area contributed by atoms with E-state index in [-0.39, 0.29) is 17.0 Å². The van der Waals surface area contributed by atoms with Crippen LogP contribution in [0.3, 0.4) is 0 Å². The molecule has 3 aromatic rings.